The number of nitrogens with two attached hydrogens (primary N) is 1. The minimum Gasteiger partial charge on any atom is -0.450 e. The molecule has 1 aromatic carbocycles. The first-order valence-corrected chi connectivity index (χ1v) is 7.51. The van der Waals surface area contributed by atoms with E-state index in [1.165, 1.54) is 12.2 Å². The molecule has 6 nitrogen and oxygen atoms in total. The summed E-state index contributed by atoms with van der Waals surface area (Å²) >= 11 is 3.18. The molecule has 0 spiro atoms. The van der Waals surface area contributed by atoms with Crippen molar-refractivity contribution in [1.29, 1.82) is 0 Å². The molecule has 3 N–H and O–H groups in total. The normalized spacial score (nSPS) is 10.7. The summed E-state index contributed by atoms with van der Waals surface area (Å²) in [5.41, 5.74) is 6.80. The molecule has 0 unspecified atom stereocenters. The van der Waals surface area contributed by atoms with Crippen molar-refractivity contribution in [1.82, 2.24) is 0 Å². The predicted octanol–water partition coefficient (Wildman–Crippen LogP) is 2.86. The fourth-order valence-electron chi connectivity index (χ4n) is 1.87. The molecule has 2 aromatic rings. The number of anilines is 2. The van der Waals surface area contributed by atoms with Gasteiger partial charge >= 0.3 is 0 Å². The van der Waals surface area contributed by atoms with Gasteiger partial charge in [0.1, 0.15) is 5.76 Å². The van der Waals surface area contributed by atoms with Crippen molar-refractivity contribution in [2.45, 2.75) is 0 Å². The van der Waals surface area contributed by atoms with Crippen LogP contribution in [0.15, 0.2) is 45.5 Å². The van der Waals surface area contributed by atoms with Gasteiger partial charge in [-0.25, -0.2) is 0 Å². The third-order valence-electron chi connectivity index (χ3n) is 3.04. The lowest BCUT2D eigenvalue weighted by Gasteiger charge is -2.15. The number of nitrogens with one attached hydrogen (secondary N) is 1. The average Bonchev–Trinajstić information content (AvgIpc) is 2.90. The minimum atomic E-state index is -0.608. The Bertz CT molecular complexity index is 766. The number of primary amides is 1. The van der Waals surface area contributed by atoms with E-state index in [4.69, 9.17) is 10.2 Å². The molecule has 0 atom stereocenters. The third-order valence-corrected chi connectivity index (χ3v) is 3.46. The first-order chi connectivity index (χ1) is 10.9. The van der Waals surface area contributed by atoms with E-state index in [-0.39, 0.29) is 5.56 Å². The maximum atomic E-state index is 12.0. The summed E-state index contributed by atoms with van der Waals surface area (Å²) in [5.74, 6) is -0.467. The van der Waals surface area contributed by atoms with Crippen LogP contribution in [-0.2, 0) is 4.79 Å². The van der Waals surface area contributed by atoms with Crippen LogP contribution in [0.1, 0.15) is 16.1 Å². The lowest BCUT2D eigenvalue weighted by atomic mass is 10.1. The van der Waals surface area contributed by atoms with E-state index >= 15 is 0 Å². The number of halogens is 1. The van der Waals surface area contributed by atoms with Gasteiger partial charge in [0.15, 0.2) is 4.67 Å². The maximum Gasteiger partial charge on any atom is 0.250 e. The van der Waals surface area contributed by atoms with Crippen molar-refractivity contribution in [3.63, 3.8) is 0 Å². The highest BCUT2D eigenvalue weighted by Gasteiger charge is 2.12. The van der Waals surface area contributed by atoms with E-state index in [0.717, 1.165) is 5.69 Å². The van der Waals surface area contributed by atoms with Gasteiger partial charge in [-0.15, -0.1) is 0 Å². The van der Waals surface area contributed by atoms with Gasteiger partial charge in [-0.3, -0.25) is 9.59 Å². The average molecular weight is 378 g/mol. The summed E-state index contributed by atoms with van der Waals surface area (Å²) in [6.07, 6.45) is 2.84. The standard InChI is InChI=1S/C16H16BrN3O3/c1-20(2)10-3-6-13(12(9-10)16(18)22)19-15(21)8-5-11-4-7-14(17)23-11/h3-9H,1-2H3,(H2,18,22)(H,19,21). The van der Waals surface area contributed by atoms with Gasteiger partial charge in [0.2, 0.25) is 5.91 Å². The van der Waals surface area contributed by atoms with Crippen LogP contribution in [0.5, 0.6) is 0 Å². The second-order valence-electron chi connectivity index (χ2n) is 4.95. The van der Waals surface area contributed by atoms with E-state index in [0.29, 0.717) is 16.1 Å². The number of hydrogen-bond acceptors (Lipinski definition) is 4. The lowest BCUT2D eigenvalue weighted by Crippen LogP contribution is -2.18. The van der Waals surface area contributed by atoms with Crippen molar-refractivity contribution < 1.29 is 14.0 Å². The quantitative estimate of drug-likeness (QED) is 0.784. The molecule has 0 saturated carbocycles. The molecule has 120 valence electrons. The van der Waals surface area contributed by atoms with Gasteiger partial charge in [0.25, 0.3) is 5.91 Å². The molecule has 0 radical (unpaired) electrons. The highest BCUT2D eigenvalue weighted by atomic mass is 79.9. The Morgan fingerprint density at radius 2 is 2.00 bits per heavy atom. The van der Waals surface area contributed by atoms with Crippen LogP contribution in [0.25, 0.3) is 6.08 Å². The van der Waals surface area contributed by atoms with Crippen molar-refractivity contribution in [3.8, 4) is 0 Å². The fraction of sp³-hybridized carbons (Fsp3) is 0.125. The molecule has 0 saturated heterocycles. The molecule has 1 heterocycles. The second-order valence-corrected chi connectivity index (χ2v) is 5.73. The zero-order chi connectivity index (χ0) is 17.0. The number of benzene rings is 1. The summed E-state index contributed by atoms with van der Waals surface area (Å²) in [7, 11) is 3.70. The molecule has 1 aromatic heterocycles. The number of furan rings is 1. The van der Waals surface area contributed by atoms with Crippen LogP contribution in [0.2, 0.25) is 0 Å². The summed E-state index contributed by atoms with van der Waals surface area (Å²) in [6, 6.07) is 8.50. The van der Waals surface area contributed by atoms with Crippen LogP contribution >= 0.6 is 15.9 Å². The zero-order valence-corrected chi connectivity index (χ0v) is 14.3. The molecular formula is C16H16BrN3O3. The summed E-state index contributed by atoms with van der Waals surface area (Å²) < 4.78 is 5.84. The molecule has 0 fully saturated rings. The first-order valence-electron chi connectivity index (χ1n) is 6.72. The van der Waals surface area contributed by atoms with Crippen molar-refractivity contribution in [2.75, 3.05) is 24.3 Å². The van der Waals surface area contributed by atoms with Crippen molar-refractivity contribution >= 4 is 45.2 Å². The van der Waals surface area contributed by atoms with E-state index in [2.05, 4.69) is 21.2 Å². The Balaban J connectivity index is 2.17. The summed E-state index contributed by atoms with van der Waals surface area (Å²) in [4.78, 5) is 25.4. The van der Waals surface area contributed by atoms with Crippen molar-refractivity contribution in [3.05, 3.63) is 52.4 Å². The molecular weight excluding hydrogens is 362 g/mol. The molecule has 0 aliphatic rings. The van der Waals surface area contributed by atoms with Gasteiger partial charge in [-0.1, -0.05) is 0 Å². The molecule has 0 aliphatic carbocycles. The SMILES string of the molecule is CN(C)c1ccc(NC(=O)C=Cc2ccc(Br)o2)c(C(N)=O)c1. The monoisotopic (exact) mass is 377 g/mol. The highest BCUT2D eigenvalue weighted by molar-refractivity contribution is 9.10. The van der Waals surface area contributed by atoms with Crippen molar-refractivity contribution in [2.24, 2.45) is 5.73 Å². The molecule has 2 amide bonds. The highest BCUT2D eigenvalue weighted by Crippen LogP contribution is 2.22. The topological polar surface area (TPSA) is 88.6 Å². The van der Waals surface area contributed by atoms with E-state index < -0.39 is 11.8 Å². The minimum absolute atomic E-state index is 0.249. The third kappa shape index (κ3) is 4.46. The van der Waals surface area contributed by atoms with Crippen LogP contribution in [0, 0.1) is 0 Å². The van der Waals surface area contributed by atoms with Crippen LogP contribution in [-0.4, -0.2) is 25.9 Å². The number of carbonyl (C=O) groups excluding carboxylic acids is 2. The van der Waals surface area contributed by atoms with Gasteiger partial charge in [-0.2, -0.15) is 0 Å². The zero-order valence-electron chi connectivity index (χ0n) is 12.7. The second kappa shape index (κ2) is 7.15. The van der Waals surface area contributed by atoms with E-state index in [9.17, 15) is 9.59 Å². The van der Waals surface area contributed by atoms with Crippen LogP contribution < -0.4 is 16.0 Å². The smallest absolute Gasteiger partial charge is 0.250 e. The van der Waals surface area contributed by atoms with Gasteiger partial charge in [0.05, 0.1) is 11.3 Å². The van der Waals surface area contributed by atoms with Crippen LogP contribution in [0.4, 0.5) is 11.4 Å². The Labute approximate surface area is 142 Å². The molecule has 0 aliphatic heterocycles. The van der Waals surface area contributed by atoms with E-state index in [1.54, 1.807) is 30.3 Å². The molecule has 0 bridgehead atoms. The van der Waals surface area contributed by atoms with Gasteiger partial charge < -0.3 is 20.4 Å². The Morgan fingerprint density at radius 3 is 2.57 bits per heavy atom. The number of hydrogen-bond donors (Lipinski definition) is 2. The van der Waals surface area contributed by atoms with E-state index in [1.807, 2.05) is 19.0 Å². The molecule has 23 heavy (non-hydrogen) atoms. The Morgan fingerprint density at radius 1 is 1.26 bits per heavy atom. The summed E-state index contributed by atoms with van der Waals surface area (Å²) in [6.45, 7) is 0. The molecule has 7 heteroatoms. The number of nitrogens with zero attached hydrogens (tertiary/aromatic N) is 1. The number of carbonyl (C=O) groups is 2. The number of amides is 2. The van der Waals surface area contributed by atoms with Crippen LogP contribution in [0.3, 0.4) is 0 Å². The summed E-state index contributed by atoms with van der Waals surface area (Å²) in [5, 5.41) is 2.64. The maximum absolute atomic E-state index is 12.0. The first kappa shape index (κ1) is 16.8. The largest absolute Gasteiger partial charge is 0.450 e. The lowest BCUT2D eigenvalue weighted by molar-refractivity contribution is -0.111. The van der Waals surface area contributed by atoms with Gasteiger partial charge in [-0.05, 0) is 52.3 Å². The predicted molar refractivity (Wildman–Crippen MR) is 93.4 cm³/mol. The Kier molecular flexibility index (Phi) is 5.23. The molecule has 2 rings (SSSR count). The fourth-order valence-corrected chi connectivity index (χ4v) is 2.19. The van der Waals surface area contributed by atoms with Gasteiger partial charge in [0, 0.05) is 25.9 Å². The Hall–Kier alpha value is -2.54. The number of rotatable bonds is 5.